The predicted octanol–water partition coefficient (Wildman–Crippen LogP) is 2.38. The van der Waals surface area contributed by atoms with E-state index >= 15 is 0 Å². The second-order valence-corrected chi connectivity index (χ2v) is 6.85. The van der Waals surface area contributed by atoms with Gasteiger partial charge in [-0.1, -0.05) is 0 Å². The van der Waals surface area contributed by atoms with Crippen molar-refractivity contribution in [2.75, 3.05) is 13.2 Å². The fraction of sp³-hybridized carbons (Fsp3) is 0.692. The normalized spacial score (nSPS) is 25.9. The molecule has 2 aliphatic rings. The zero-order chi connectivity index (χ0) is 13.6. The summed E-state index contributed by atoms with van der Waals surface area (Å²) in [6, 6.07) is 0.00745. The highest BCUT2D eigenvalue weighted by Crippen LogP contribution is 2.39. The first-order chi connectivity index (χ1) is 8.96. The van der Waals surface area contributed by atoms with Crippen LogP contribution in [0.5, 0.6) is 0 Å². The van der Waals surface area contributed by atoms with Crippen LogP contribution in [0.1, 0.15) is 37.4 Å². The van der Waals surface area contributed by atoms with E-state index < -0.39 is 5.60 Å². The molecule has 0 aliphatic carbocycles. The van der Waals surface area contributed by atoms with Crippen molar-refractivity contribution in [2.45, 2.75) is 44.9 Å². The van der Waals surface area contributed by atoms with E-state index in [0.717, 1.165) is 17.0 Å². The van der Waals surface area contributed by atoms with Gasteiger partial charge in [-0.25, -0.2) is 9.78 Å². The molecule has 3 heterocycles. The summed E-state index contributed by atoms with van der Waals surface area (Å²) >= 11 is 1.59. The van der Waals surface area contributed by atoms with E-state index in [1.54, 1.807) is 11.3 Å². The fourth-order valence-electron chi connectivity index (χ4n) is 2.61. The van der Waals surface area contributed by atoms with Crippen molar-refractivity contribution in [3.8, 4) is 0 Å². The van der Waals surface area contributed by atoms with Crippen molar-refractivity contribution in [1.82, 2.24) is 9.88 Å². The van der Waals surface area contributed by atoms with Crippen molar-refractivity contribution in [3.63, 3.8) is 0 Å². The number of fused-ring (bicyclic) bond motifs is 4. The van der Waals surface area contributed by atoms with E-state index in [0.29, 0.717) is 13.2 Å². The Balaban J connectivity index is 1.88. The lowest BCUT2D eigenvalue weighted by molar-refractivity contribution is -0.0666. The maximum atomic E-state index is 12.4. The first-order valence-corrected chi connectivity index (χ1v) is 7.35. The van der Waals surface area contributed by atoms with Crippen LogP contribution < -0.4 is 0 Å². The molecule has 1 aromatic heterocycles. The van der Waals surface area contributed by atoms with Crippen LogP contribution in [0.15, 0.2) is 5.51 Å². The van der Waals surface area contributed by atoms with Crippen molar-refractivity contribution < 1.29 is 14.3 Å². The van der Waals surface area contributed by atoms with Gasteiger partial charge in [-0.05, 0) is 20.8 Å². The summed E-state index contributed by atoms with van der Waals surface area (Å²) in [5.74, 6) is 0. The van der Waals surface area contributed by atoms with Crippen LogP contribution >= 0.6 is 11.3 Å². The molecule has 2 unspecified atom stereocenters. The molecule has 0 spiro atoms. The van der Waals surface area contributed by atoms with Crippen LogP contribution in [0, 0.1) is 0 Å². The number of carbonyl (C=O) groups is 1. The maximum absolute atomic E-state index is 12.4. The Morgan fingerprint density at radius 2 is 2.32 bits per heavy atom. The fourth-order valence-corrected chi connectivity index (χ4v) is 3.51. The first kappa shape index (κ1) is 12.9. The summed E-state index contributed by atoms with van der Waals surface area (Å²) in [4.78, 5) is 19.8. The molecule has 104 valence electrons. The molecule has 2 aliphatic heterocycles. The number of rotatable bonds is 0. The minimum atomic E-state index is -0.472. The molecule has 0 radical (unpaired) electrons. The highest BCUT2D eigenvalue weighted by molar-refractivity contribution is 7.09. The monoisotopic (exact) mass is 282 g/mol. The summed E-state index contributed by atoms with van der Waals surface area (Å²) in [5.41, 5.74) is 2.49. The molecule has 1 fully saturated rings. The minimum absolute atomic E-state index is 0.0372. The van der Waals surface area contributed by atoms with E-state index in [1.165, 1.54) is 0 Å². The predicted molar refractivity (Wildman–Crippen MR) is 71.2 cm³/mol. The zero-order valence-corrected chi connectivity index (χ0v) is 12.2. The van der Waals surface area contributed by atoms with Gasteiger partial charge < -0.3 is 9.47 Å². The van der Waals surface area contributed by atoms with Crippen molar-refractivity contribution in [1.29, 1.82) is 0 Å². The van der Waals surface area contributed by atoms with Gasteiger partial charge in [0.05, 0.1) is 41.4 Å². The van der Waals surface area contributed by atoms with E-state index in [1.807, 2.05) is 31.2 Å². The van der Waals surface area contributed by atoms with Crippen LogP contribution in [-0.4, -0.2) is 40.8 Å². The number of aromatic nitrogens is 1. The molecule has 6 heteroatoms. The third-order valence-corrected chi connectivity index (χ3v) is 4.30. The Morgan fingerprint density at radius 1 is 1.53 bits per heavy atom. The number of hydrogen-bond acceptors (Lipinski definition) is 5. The van der Waals surface area contributed by atoms with Gasteiger partial charge in [-0.2, -0.15) is 0 Å². The molecular weight excluding hydrogens is 264 g/mol. The summed E-state index contributed by atoms with van der Waals surface area (Å²) < 4.78 is 11.1. The van der Waals surface area contributed by atoms with E-state index in [9.17, 15) is 4.79 Å². The highest BCUT2D eigenvalue weighted by Gasteiger charge is 2.43. The van der Waals surface area contributed by atoms with Gasteiger partial charge >= 0.3 is 6.09 Å². The summed E-state index contributed by atoms with van der Waals surface area (Å²) in [5, 5.41) is 0. The number of hydrogen-bond donors (Lipinski definition) is 0. The van der Waals surface area contributed by atoms with Gasteiger partial charge in [-0.3, -0.25) is 4.90 Å². The van der Waals surface area contributed by atoms with E-state index in [-0.39, 0.29) is 18.2 Å². The standard InChI is InChI=1S/C13H18N2O3S/c1-13(2,3)18-12(16)15-8-4-9-11(19-7-14-9)10(15)6-17-5-8/h7-8,10H,4-6H2,1-3H3. The van der Waals surface area contributed by atoms with E-state index in [2.05, 4.69) is 4.98 Å². The molecule has 5 nitrogen and oxygen atoms in total. The molecular formula is C13H18N2O3S. The number of ether oxygens (including phenoxy) is 2. The minimum Gasteiger partial charge on any atom is -0.444 e. The van der Waals surface area contributed by atoms with Crippen LogP contribution in [0.3, 0.4) is 0 Å². The van der Waals surface area contributed by atoms with Gasteiger partial charge in [0, 0.05) is 6.42 Å². The third kappa shape index (κ3) is 2.34. The SMILES string of the molecule is CC(C)(C)OC(=O)N1C2COCC1c1scnc1C2. The van der Waals surface area contributed by atoms with Crippen molar-refractivity contribution >= 4 is 17.4 Å². The molecule has 0 aromatic carbocycles. The Labute approximate surface area is 116 Å². The molecule has 0 saturated carbocycles. The Hall–Kier alpha value is -1.14. The third-order valence-electron chi connectivity index (χ3n) is 3.32. The quantitative estimate of drug-likeness (QED) is 0.733. The lowest BCUT2D eigenvalue weighted by atomic mass is 9.97. The zero-order valence-electron chi connectivity index (χ0n) is 11.4. The number of thiazole rings is 1. The maximum Gasteiger partial charge on any atom is 0.411 e. The topological polar surface area (TPSA) is 51.7 Å². The molecule has 1 aromatic rings. The van der Waals surface area contributed by atoms with Gasteiger partial charge in [0.25, 0.3) is 0 Å². The van der Waals surface area contributed by atoms with Crippen LogP contribution in [0.25, 0.3) is 0 Å². The van der Waals surface area contributed by atoms with Gasteiger partial charge in [0.15, 0.2) is 0 Å². The number of amides is 1. The molecule has 2 atom stereocenters. The van der Waals surface area contributed by atoms with Crippen LogP contribution in [0.4, 0.5) is 4.79 Å². The van der Waals surface area contributed by atoms with Crippen molar-refractivity contribution in [3.05, 3.63) is 16.1 Å². The summed E-state index contributed by atoms with van der Waals surface area (Å²) in [6.45, 7) is 6.76. The number of morpholine rings is 1. The molecule has 2 bridgehead atoms. The van der Waals surface area contributed by atoms with Gasteiger partial charge in [0.2, 0.25) is 0 Å². The summed E-state index contributed by atoms with van der Waals surface area (Å²) in [6.07, 6.45) is 0.513. The highest BCUT2D eigenvalue weighted by atomic mass is 32.1. The number of nitrogens with zero attached hydrogens (tertiary/aromatic N) is 2. The lowest BCUT2D eigenvalue weighted by Crippen LogP contribution is -2.55. The summed E-state index contributed by atoms with van der Waals surface area (Å²) in [7, 11) is 0. The van der Waals surface area contributed by atoms with Crippen molar-refractivity contribution in [2.24, 2.45) is 0 Å². The molecule has 3 rings (SSSR count). The average Bonchev–Trinajstić information content (AvgIpc) is 2.73. The Morgan fingerprint density at radius 3 is 3.05 bits per heavy atom. The lowest BCUT2D eigenvalue weighted by Gasteiger charge is -2.44. The van der Waals surface area contributed by atoms with Gasteiger partial charge in [0.1, 0.15) is 5.60 Å². The Kier molecular flexibility index (Phi) is 3.02. The molecule has 19 heavy (non-hydrogen) atoms. The first-order valence-electron chi connectivity index (χ1n) is 6.47. The Bertz CT molecular complexity index is 494. The second kappa shape index (κ2) is 4.45. The molecule has 1 saturated heterocycles. The second-order valence-electron chi connectivity index (χ2n) is 5.96. The number of carbonyl (C=O) groups excluding carboxylic acids is 1. The molecule has 1 amide bonds. The largest absolute Gasteiger partial charge is 0.444 e. The van der Waals surface area contributed by atoms with Crippen LogP contribution in [-0.2, 0) is 15.9 Å². The molecule has 0 N–H and O–H groups in total. The smallest absolute Gasteiger partial charge is 0.411 e. The van der Waals surface area contributed by atoms with E-state index in [4.69, 9.17) is 9.47 Å². The van der Waals surface area contributed by atoms with Gasteiger partial charge in [-0.15, -0.1) is 11.3 Å². The average molecular weight is 282 g/mol. The van der Waals surface area contributed by atoms with Crippen LogP contribution in [0.2, 0.25) is 0 Å².